The summed E-state index contributed by atoms with van der Waals surface area (Å²) in [6.45, 7) is 7.45. The Morgan fingerprint density at radius 1 is 1.03 bits per heavy atom. The number of hydrogen-bond donors (Lipinski definition) is 0. The zero-order valence-electron chi connectivity index (χ0n) is 21.0. The first kappa shape index (κ1) is 25.0. The molecule has 0 saturated carbocycles. The number of benzene rings is 2. The standard InChI is InChI=1S/C30H31N3O3/c1-5-7-18-36-28-10-8-9-24(31-28)20-33-27-16-15-25(35-17-6-2)19-26(27)29(32-30(33)34)23-13-11-22(12-14-23)21(3)4/h2,8-16,19,21H,5,7,17-18,20H2,1,3-4H3. The Hall–Kier alpha value is -4.11. The van der Waals surface area contributed by atoms with Crippen LogP contribution in [0.15, 0.2) is 65.5 Å². The normalized spacial score (nSPS) is 11.0. The summed E-state index contributed by atoms with van der Waals surface area (Å²) in [6, 6.07) is 19.3. The van der Waals surface area contributed by atoms with E-state index in [1.165, 1.54) is 5.56 Å². The molecule has 0 unspecified atom stereocenters. The third-order valence-electron chi connectivity index (χ3n) is 5.97. The van der Waals surface area contributed by atoms with E-state index in [0.29, 0.717) is 29.8 Å². The van der Waals surface area contributed by atoms with Gasteiger partial charge in [0.25, 0.3) is 0 Å². The molecule has 0 spiro atoms. The van der Waals surface area contributed by atoms with Gasteiger partial charge in [0.05, 0.1) is 30.1 Å². The molecule has 6 heteroatoms. The summed E-state index contributed by atoms with van der Waals surface area (Å²) in [5.41, 5.74) is 3.81. The van der Waals surface area contributed by atoms with Crippen molar-refractivity contribution in [2.24, 2.45) is 0 Å². The molecule has 184 valence electrons. The molecular formula is C30H31N3O3. The van der Waals surface area contributed by atoms with E-state index in [1.807, 2.05) is 48.5 Å². The van der Waals surface area contributed by atoms with Gasteiger partial charge in [-0.05, 0) is 42.2 Å². The van der Waals surface area contributed by atoms with Crippen molar-refractivity contribution < 1.29 is 9.47 Å². The van der Waals surface area contributed by atoms with Crippen LogP contribution in [-0.4, -0.2) is 27.7 Å². The van der Waals surface area contributed by atoms with Crippen LogP contribution in [0.4, 0.5) is 0 Å². The molecule has 0 aliphatic heterocycles. The van der Waals surface area contributed by atoms with E-state index < -0.39 is 0 Å². The van der Waals surface area contributed by atoms with Crippen molar-refractivity contribution in [1.82, 2.24) is 14.5 Å². The molecular weight excluding hydrogens is 450 g/mol. The van der Waals surface area contributed by atoms with Crippen LogP contribution < -0.4 is 15.2 Å². The minimum atomic E-state index is -0.346. The maximum atomic E-state index is 13.3. The van der Waals surface area contributed by atoms with Crippen molar-refractivity contribution in [3.8, 4) is 35.2 Å². The maximum absolute atomic E-state index is 13.3. The van der Waals surface area contributed by atoms with Crippen LogP contribution in [0.25, 0.3) is 22.2 Å². The fourth-order valence-electron chi connectivity index (χ4n) is 3.98. The second-order valence-electron chi connectivity index (χ2n) is 8.95. The van der Waals surface area contributed by atoms with Crippen molar-refractivity contribution in [2.75, 3.05) is 13.2 Å². The Bertz CT molecular complexity index is 1430. The molecule has 0 bridgehead atoms. The van der Waals surface area contributed by atoms with Crippen LogP contribution in [0.2, 0.25) is 0 Å². The fourth-order valence-corrected chi connectivity index (χ4v) is 3.98. The van der Waals surface area contributed by atoms with Gasteiger partial charge in [0, 0.05) is 17.0 Å². The van der Waals surface area contributed by atoms with E-state index in [9.17, 15) is 4.79 Å². The van der Waals surface area contributed by atoms with Crippen molar-refractivity contribution in [2.45, 2.75) is 46.1 Å². The quantitative estimate of drug-likeness (QED) is 0.211. The lowest BCUT2D eigenvalue weighted by Crippen LogP contribution is -2.25. The lowest BCUT2D eigenvalue weighted by molar-refractivity contribution is 0.297. The van der Waals surface area contributed by atoms with E-state index in [2.05, 4.69) is 48.8 Å². The van der Waals surface area contributed by atoms with Crippen molar-refractivity contribution in [1.29, 1.82) is 0 Å². The van der Waals surface area contributed by atoms with Gasteiger partial charge in [0.1, 0.15) is 12.4 Å². The highest BCUT2D eigenvalue weighted by atomic mass is 16.5. The van der Waals surface area contributed by atoms with E-state index in [4.69, 9.17) is 15.9 Å². The van der Waals surface area contributed by atoms with Crippen LogP contribution in [0.3, 0.4) is 0 Å². The van der Waals surface area contributed by atoms with Gasteiger partial charge >= 0.3 is 5.69 Å². The Morgan fingerprint density at radius 2 is 1.83 bits per heavy atom. The fraction of sp³-hybridized carbons (Fsp3) is 0.300. The van der Waals surface area contributed by atoms with E-state index in [-0.39, 0.29) is 18.8 Å². The predicted molar refractivity (Wildman–Crippen MR) is 144 cm³/mol. The van der Waals surface area contributed by atoms with Gasteiger partial charge in [-0.15, -0.1) is 6.42 Å². The number of fused-ring (bicyclic) bond motifs is 1. The molecule has 4 aromatic rings. The average Bonchev–Trinajstić information content (AvgIpc) is 2.89. The zero-order valence-corrected chi connectivity index (χ0v) is 21.0. The summed E-state index contributed by atoms with van der Waals surface area (Å²) < 4.78 is 13.1. The molecule has 0 fully saturated rings. The van der Waals surface area contributed by atoms with E-state index in [1.54, 1.807) is 4.57 Å². The number of rotatable bonds is 10. The molecule has 0 saturated heterocycles. The monoisotopic (exact) mass is 481 g/mol. The highest BCUT2D eigenvalue weighted by molar-refractivity contribution is 5.93. The summed E-state index contributed by atoms with van der Waals surface area (Å²) in [5.74, 6) is 4.08. The third kappa shape index (κ3) is 5.75. The van der Waals surface area contributed by atoms with Gasteiger partial charge in [0.2, 0.25) is 5.88 Å². The molecule has 0 N–H and O–H groups in total. The molecule has 6 nitrogen and oxygen atoms in total. The number of nitrogens with zero attached hydrogens (tertiary/aromatic N) is 3. The largest absolute Gasteiger partial charge is 0.481 e. The summed E-state index contributed by atoms with van der Waals surface area (Å²) >= 11 is 0. The molecule has 2 aromatic carbocycles. The lowest BCUT2D eigenvalue weighted by atomic mass is 9.99. The minimum Gasteiger partial charge on any atom is -0.481 e. The minimum absolute atomic E-state index is 0.158. The average molecular weight is 482 g/mol. The van der Waals surface area contributed by atoms with Gasteiger partial charge in [-0.3, -0.25) is 4.57 Å². The molecule has 2 heterocycles. The van der Waals surface area contributed by atoms with Gasteiger partial charge in [-0.25, -0.2) is 9.78 Å². The first-order chi connectivity index (χ1) is 17.5. The second-order valence-corrected chi connectivity index (χ2v) is 8.95. The lowest BCUT2D eigenvalue weighted by Gasteiger charge is -2.15. The number of aromatic nitrogens is 3. The van der Waals surface area contributed by atoms with E-state index in [0.717, 1.165) is 35.0 Å². The van der Waals surface area contributed by atoms with Crippen molar-refractivity contribution in [3.05, 3.63) is 82.4 Å². The predicted octanol–water partition coefficient (Wildman–Crippen LogP) is 5.82. The van der Waals surface area contributed by atoms with Crippen molar-refractivity contribution >= 4 is 10.9 Å². The molecule has 0 aliphatic rings. The van der Waals surface area contributed by atoms with Gasteiger partial charge in [0.15, 0.2) is 0 Å². The van der Waals surface area contributed by atoms with Crippen LogP contribution in [0, 0.1) is 12.3 Å². The number of unbranched alkanes of at least 4 members (excludes halogenated alkanes) is 1. The number of hydrogen-bond acceptors (Lipinski definition) is 5. The maximum Gasteiger partial charge on any atom is 0.348 e. The Kier molecular flexibility index (Phi) is 8.02. The van der Waals surface area contributed by atoms with Crippen LogP contribution in [0.1, 0.15) is 50.8 Å². The van der Waals surface area contributed by atoms with Crippen LogP contribution >= 0.6 is 0 Å². The summed E-state index contributed by atoms with van der Waals surface area (Å²) in [6.07, 6.45) is 7.39. The molecule has 0 atom stereocenters. The SMILES string of the molecule is C#CCOc1ccc2c(c1)c(-c1ccc(C(C)C)cc1)nc(=O)n2Cc1cccc(OCCCC)n1. The highest BCUT2D eigenvalue weighted by Gasteiger charge is 2.15. The number of terminal acetylenes is 1. The topological polar surface area (TPSA) is 66.2 Å². The smallest absolute Gasteiger partial charge is 0.348 e. The molecule has 4 rings (SSSR count). The summed E-state index contributed by atoms with van der Waals surface area (Å²) in [7, 11) is 0. The molecule has 0 radical (unpaired) electrons. The second kappa shape index (κ2) is 11.5. The first-order valence-electron chi connectivity index (χ1n) is 12.3. The summed E-state index contributed by atoms with van der Waals surface area (Å²) in [5, 5.41) is 0.803. The Morgan fingerprint density at radius 3 is 2.56 bits per heavy atom. The Labute approximate surface area is 211 Å². The summed E-state index contributed by atoms with van der Waals surface area (Å²) in [4.78, 5) is 22.4. The number of ether oxygens (including phenoxy) is 2. The molecule has 0 aliphatic carbocycles. The van der Waals surface area contributed by atoms with Gasteiger partial charge in [-0.1, -0.05) is 63.4 Å². The third-order valence-corrected chi connectivity index (χ3v) is 5.97. The molecule has 36 heavy (non-hydrogen) atoms. The van der Waals surface area contributed by atoms with Gasteiger partial charge in [-0.2, -0.15) is 4.98 Å². The molecule has 0 amide bonds. The highest BCUT2D eigenvalue weighted by Crippen LogP contribution is 2.30. The zero-order chi connectivity index (χ0) is 25.5. The number of pyridine rings is 1. The van der Waals surface area contributed by atoms with Crippen LogP contribution in [0.5, 0.6) is 11.6 Å². The van der Waals surface area contributed by atoms with Gasteiger partial charge < -0.3 is 9.47 Å². The van der Waals surface area contributed by atoms with Crippen LogP contribution in [-0.2, 0) is 6.54 Å². The molecule has 2 aromatic heterocycles. The van der Waals surface area contributed by atoms with E-state index >= 15 is 0 Å². The Balaban J connectivity index is 1.78. The van der Waals surface area contributed by atoms with Crippen molar-refractivity contribution in [3.63, 3.8) is 0 Å². The first-order valence-corrected chi connectivity index (χ1v) is 12.3.